The first kappa shape index (κ1) is 21.7. The topological polar surface area (TPSA) is 165 Å². The molecule has 12 heteroatoms. The Labute approximate surface area is 165 Å². The Balaban J connectivity index is 2.16. The van der Waals surface area contributed by atoms with Crippen LogP contribution in [0.5, 0.6) is 0 Å². The van der Waals surface area contributed by atoms with Gasteiger partial charge in [0, 0.05) is 17.8 Å². The van der Waals surface area contributed by atoms with Crippen LogP contribution in [0.2, 0.25) is 0 Å². The van der Waals surface area contributed by atoms with Crippen molar-refractivity contribution in [1.29, 1.82) is 5.26 Å². The van der Waals surface area contributed by atoms with Gasteiger partial charge in [0.2, 0.25) is 10.0 Å². The molecule has 2 heterocycles. The molecule has 0 aliphatic heterocycles. The highest BCUT2D eigenvalue weighted by Crippen LogP contribution is 2.17. The van der Waals surface area contributed by atoms with Gasteiger partial charge in [0.25, 0.3) is 5.91 Å². The Morgan fingerprint density at radius 3 is 2.64 bits per heavy atom. The fourth-order valence-corrected chi connectivity index (χ4v) is 3.88. The average molecular weight is 425 g/mol. The van der Waals surface area contributed by atoms with E-state index in [9.17, 15) is 23.4 Å². The zero-order chi connectivity index (χ0) is 20.7. The molecule has 0 spiro atoms. The molecule has 28 heavy (non-hydrogen) atoms. The van der Waals surface area contributed by atoms with Crippen molar-refractivity contribution in [3.8, 4) is 6.07 Å². The van der Waals surface area contributed by atoms with Crippen molar-refractivity contribution < 1.29 is 23.4 Å². The standard InChI is InChI=1S/C16H19N5O5S2/c1-28(25,26)21-16-20-12(9-27-16)15(24)19-11(14(23)13(22)2-5-17)8-10-3-6-18-7-4-10/h3-4,6-7,9,11,13-14,22-23H,2,8H2,1H3,(H,19,24)(H,20,21). The first-order chi connectivity index (χ1) is 13.2. The van der Waals surface area contributed by atoms with Crippen molar-refractivity contribution in [3.05, 3.63) is 41.2 Å². The molecule has 0 saturated heterocycles. The average Bonchev–Trinajstić information content (AvgIpc) is 3.08. The highest BCUT2D eigenvalue weighted by atomic mass is 32.2. The summed E-state index contributed by atoms with van der Waals surface area (Å²) in [5.74, 6) is -0.653. The monoisotopic (exact) mass is 425 g/mol. The van der Waals surface area contributed by atoms with E-state index in [4.69, 9.17) is 5.26 Å². The number of carbonyl (C=O) groups is 1. The first-order valence-electron chi connectivity index (χ1n) is 8.05. The second kappa shape index (κ2) is 9.56. The lowest BCUT2D eigenvalue weighted by Crippen LogP contribution is -2.49. The number of sulfonamides is 1. The van der Waals surface area contributed by atoms with Crippen LogP contribution in [0, 0.1) is 11.3 Å². The number of aliphatic hydroxyl groups is 2. The molecule has 2 aromatic rings. The third-order valence-electron chi connectivity index (χ3n) is 3.64. The van der Waals surface area contributed by atoms with Crippen molar-refractivity contribution in [3.63, 3.8) is 0 Å². The molecular formula is C16H19N5O5S2. The highest BCUT2D eigenvalue weighted by Gasteiger charge is 2.29. The smallest absolute Gasteiger partial charge is 0.271 e. The minimum Gasteiger partial charge on any atom is -0.389 e. The Kier molecular flexibility index (Phi) is 7.41. The van der Waals surface area contributed by atoms with Gasteiger partial charge in [-0.2, -0.15) is 5.26 Å². The SMILES string of the molecule is CS(=O)(=O)Nc1nc(C(=O)NC(Cc2ccncc2)C(O)C(O)CC#N)cs1. The fraction of sp³-hybridized carbons (Fsp3) is 0.375. The molecule has 0 aromatic carbocycles. The Hall–Kier alpha value is -2.59. The van der Waals surface area contributed by atoms with Gasteiger partial charge < -0.3 is 15.5 Å². The Bertz CT molecular complexity index is 942. The van der Waals surface area contributed by atoms with E-state index in [0.717, 1.165) is 23.2 Å². The van der Waals surface area contributed by atoms with Gasteiger partial charge in [0.1, 0.15) is 11.8 Å². The zero-order valence-electron chi connectivity index (χ0n) is 14.8. The number of nitriles is 1. The number of pyridine rings is 1. The molecule has 150 valence electrons. The van der Waals surface area contributed by atoms with Crippen molar-refractivity contribution in [2.24, 2.45) is 0 Å². The molecule has 0 radical (unpaired) electrons. The quantitative estimate of drug-likeness (QED) is 0.432. The minimum absolute atomic E-state index is 0.0309. The van der Waals surface area contributed by atoms with Crippen LogP contribution < -0.4 is 10.0 Å². The number of amides is 1. The fourth-order valence-electron chi connectivity index (χ4n) is 2.34. The summed E-state index contributed by atoms with van der Waals surface area (Å²) in [5, 5.41) is 33.1. The number of hydrogen-bond acceptors (Lipinski definition) is 9. The van der Waals surface area contributed by atoms with Crippen LogP contribution in [0.1, 0.15) is 22.5 Å². The molecule has 3 unspecified atom stereocenters. The number of thiazole rings is 1. The van der Waals surface area contributed by atoms with Gasteiger partial charge in [-0.1, -0.05) is 0 Å². The number of carbonyl (C=O) groups excluding carboxylic acids is 1. The van der Waals surface area contributed by atoms with E-state index in [0.29, 0.717) is 0 Å². The summed E-state index contributed by atoms with van der Waals surface area (Å²) in [4.78, 5) is 20.3. The van der Waals surface area contributed by atoms with E-state index in [1.807, 2.05) is 0 Å². The van der Waals surface area contributed by atoms with E-state index in [2.05, 4.69) is 20.0 Å². The van der Waals surface area contributed by atoms with Crippen LogP contribution >= 0.6 is 11.3 Å². The maximum atomic E-state index is 12.5. The second-order valence-electron chi connectivity index (χ2n) is 5.97. The summed E-state index contributed by atoms with van der Waals surface area (Å²) >= 11 is 0.933. The van der Waals surface area contributed by atoms with Crippen molar-refractivity contribution in [2.45, 2.75) is 31.1 Å². The Morgan fingerprint density at radius 2 is 2.04 bits per heavy atom. The van der Waals surface area contributed by atoms with Gasteiger partial charge in [-0.05, 0) is 24.1 Å². The number of nitrogens with zero attached hydrogens (tertiary/aromatic N) is 3. The predicted octanol–water partition coefficient (Wildman–Crippen LogP) is -0.114. The minimum atomic E-state index is -3.53. The molecule has 0 aliphatic rings. The summed E-state index contributed by atoms with van der Waals surface area (Å²) in [7, 11) is -3.53. The van der Waals surface area contributed by atoms with E-state index >= 15 is 0 Å². The normalized spacial score (nSPS) is 14.5. The molecular weight excluding hydrogens is 406 g/mol. The summed E-state index contributed by atoms with van der Waals surface area (Å²) in [6.45, 7) is 0. The van der Waals surface area contributed by atoms with E-state index in [1.165, 1.54) is 5.38 Å². The summed E-state index contributed by atoms with van der Waals surface area (Å²) in [5.41, 5.74) is 0.707. The molecule has 3 atom stereocenters. The van der Waals surface area contributed by atoms with Crippen LogP contribution in [-0.2, 0) is 16.4 Å². The molecule has 0 fully saturated rings. The number of nitrogens with one attached hydrogen (secondary N) is 2. The highest BCUT2D eigenvalue weighted by molar-refractivity contribution is 7.92. The summed E-state index contributed by atoms with van der Waals surface area (Å²) < 4.78 is 24.7. The lowest BCUT2D eigenvalue weighted by molar-refractivity contribution is -0.000380. The second-order valence-corrected chi connectivity index (χ2v) is 8.58. The number of anilines is 1. The molecule has 0 saturated carbocycles. The van der Waals surface area contributed by atoms with Crippen LogP contribution in [0.4, 0.5) is 5.13 Å². The van der Waals surface area contributed by atoms with Gasteiger partial charge in [0.05, 0.1) is 30.9 Å². The van der Waals surface area contributed by atoms with Crippen LogP contribution in [0.3, 0.4) is 0 Å². The molecule has 10 nitrogen and oxygen atoms in total. The largest absolute Gasteiger partial charge is 0.389 e. The van der Waals surface area contributed by atoms with Crippen molar-refractivity contribution in [2.75, 3.05) is 11.0 Å². The number of aromatic nitrogens is 2. The third kappa shape index (κ3) is 6.54. The number of hydrogen-bond donors (Lipinski definition) is 4. The first-order valence-corrected chi connectivity index (χ1v) is 10.8. The van der Waals surface area contributed by atoms with Crippen LogP contribution in [0.15, 0.2) is 29.9 Å². The van der Waals surface area contributed by atoms with Gasteiger partial charge in [-0.25, -0.2) is 13.4 Å². The third-order valence-corrected chi connectivity index (χ3v) is 5.09. The molecule has 4 N–H and O–H groups in total. The molecule has 2 aromatic heterocycles. The lowest BCUT2D eigenvalue weighted by Gasteiger charge is -2.26. The van der Waals surface area contributed by atoms with Crippen molar-refractivity contribution >= 4 is 32.4 Å². The van der Waals surface area contributed by atoms with Gasteiger partial charge in [0.15, 0.2) is 5.13 Å². The van der Waals surface area contributed by atoms with Crippen LogP contribution in [0.25, 0.3) is 0 Å². The van der Waals surface area contributed by atoms with Gasteiger partial charge in [-0.3, -0.25) is 14.5 Å². The van der Waals surface area contributed by atoms with Crippen LogP contribution in [-0.4, -0.2) is 59.0 Å². The summed E-state index contributed by atoms with van der Waals surface area (Å²) in [6, 6.07) is 4.25. The van der Waals surface area contributed by atoms with E-state index in [1.54, 1.807) is 30.6 Å². The molecule has 1 amide bonds. The van der Waals surface area contributed by atoms with Gasteiger partial charge in [-0.15, -0.1) is 11.3 Å². The lowest BCUT2D eigenvalue weighted by atomic mass is 9.97. The number of aliphatic hydroxyl groups excluding tert-OH is 2. The predicted molar refractivity (Wildman–Crippen MR) is 102 cm³/mol. The Morgan fingerprint density at radius 1 is 1.36 bits per heavy atom. The molecule has 0 aliphatic carbocycles. The maximum absolute atomic E-state index is 12.5. The van der Waals surface area contributed by atoms with Crippen molar-refractivity contribution in [1.82, 2.24) is 15.3 Å². The maximum Gasteiger partial charge on any atom is 0.271 e. The van der Waals surface area contributed by atoms with Gasteiger partial charge >= 0.3 is 0 Å². The van der Waals surface area contributed by atoms with E-state index < -0.39 is 34.2 Å². The number of rotatable bonds is 9. The molecule has 2 rings (SSSR count). The van der Waals surface area contributed by atoms with E-state index in [-0.39, 0.29) is 23.7 Å². The summed E-state index contributed by atoms with van der Waals surface area (Å²) in [6.07, 6.45) is 1.19. The molecule has 0 bridgehead atoms. The zero-order valence-corrected chi connectivity index (χ0v) is 16.4.